The minimum atomic E-state index is -4.56. The summed E-state index contributed by atoms with van der Waals surface area (Å²) in [6, 6.07) is 8.03. The molecule has 1 aliphatic heterocycles. The Balaban J connectivity index is 1.65. The van der Waals surface area contributed by atoms with Crippen molar-refractivity contribution in [3.8, 4) is 0 Å². The minimum Gasteiger partial charge on any atom is -0.444 e. The highest BCUT2D eigenvalue weighted by Crippen LogP contribution is 2.33. The van der Waals surface area contributed by atoms with Crippen LogP contribution < -0.4 is 16.1 Å². The number of halogens is 4. The predicted octanol–water partition coefficient (Wildman–Crippen LogP) is 4.26. The number of alkyl carbamates (subject to hydrolysis) is 1. The molecule has 1 fully saturated rings. The number of carbonyl (C=O) groups excluding carboxylic acids is 4. The maximum atomic E-state index is 14.0. The molecule has 0 spiro atoms. The number of hydrogen-bond acceptors (Lipinski definition) is 6. The zero-order valence-electron chi connectivity index (χ0n) is 24.9. The lowest BCUT2D eigenvalue weighted by atomic mass is 9.78. The fourth-order valence-corrected chi connectivity index (χ4v) is 4.51. The highest BCUT2D eigenvalue weighted by Gasteiger charge is 2.43. The van der Waals surface area contributed by atoms with Crippen molar-refractivity contribution in [1.29, 1.82) is 0 Å². The third-order valence-corrected chi connectivity index (χ3v) is 7.14. The molecule has 0 aromatic heterocycles. The number of alkyl halides is 3. The predicted molar refractivity (Wildman–Crippen MR) is 150 cm³/mol. The van der Waals surface area contributed by atoms with Crippen molar-refractivity contribution in [3.63, 3.8) is 0 Å². The minimum absolute atomic E-state index is 0.0184. The molecular formula is C30H36F4N4O6. The summed E-state index contributed by atoms with van der Waals surface area (Å²) in [6.07, 6.45) is -5.07. The molecule has 14 heteroatoms. The number of nitrogens with one attached hydrogen (secondary N) is 3. The second kappa shape index (κ2) is 14.1. The summed E-state index contributed by atoms with van der Waals surface area (Å²) in [5, 5.41) is 5.20. The lowest BCUT2D eigenvalue weighted by Crippen LogP contribution is -2.54. The van der Waals surface area contributed by atoms with E-state index >= 15 is 0 Å². The maximum absolute atomic E-state index is 14.0. The Morgan fingerprint density at radius 1 is 0.955 bits per heavy atom. The van der Waals surface area contributed by atoms with Crippen LogP contribution in [0.5, 0.6) is 0 Å². The lowest BCUT2D eigenvalue weighted by Gasteiger charge is -2.40. The first-order valence-corrected chi connectivity index (χ1v) is 13.9. The third-order valence-electron chi connectivity index (χ3n) is 7.14. The zero-order valence-corrected chi connectivity index (χ0v) is 24.9. The van der Waals surface area contributed by atoms with Crippen molar-refractivity contribution >= 4 is 23.8 Å². The number of hydroxylamine groups is 1. The van der Waals surface area contributed by atoms with Crippen LogP contribution in [0.15, 0.2) is 42.5 Å². The van der Waals surface area contributed by atoms with Crippen LogP contribution in [0, 0.1) is 18.2 Å². The number of nitrogens with zero attached hydrogens (tertiary/aromatic N) is 1. The number of likely N-dealkylation sites (tertiary alicyclic amines) is 1. The molecular weight excluding hydrogens is 588 g/mol. The van der Waals surface area contributed by atoms with E-state index in [1.165, 1.54) is 17.0 Å². The van der Waals surface area contributed by atoms with Gasteiger partial charge in [-0.15, -0.1) is 0 Å². The molecule has 0 saturated carbocycles. The van der Waals surface area contributed by atoms with Gasteiger partial charge in [0, 0.05) is 25.2 Å². The van der Waals surface area contributed by atoms with Crippen LogP contribution in [0.3, 0.4) is 0 Å². The molecule has 4 amide bonds. The van der Waals surface area contributed by atoms with Crippen molar-refractivity contribution in [2.24, 2.45) is 5.41 Å². The van der Waals surface area contributed by atoms with Gasteiger partial charge in [-0.1, -0.05) is 12.1 Å². The molecule has 1 aliphatic rings. The Morgan fingerprint density at radius 2 is 1.59 bits per heavy atom. The van der Waals surface area contributed by atoms with Gasteiger partial charge in [0.05, 0.1) is 17.6 Å². The zero-order chi connectivity index (χ0) is 32.7. The molecule has 240 valence electrons. The van der Waals surface area contributed by atoms with Crippen molar-refractivity contribution in [2.75, 3.05) is 26.2 Å². The van der Waals surface area contributed by atoms with Gasteiger partial charge < -0.3 is 20.3 Å². The van der Waals surface area contributed by atoms with E-state index in [0.717, 1.165) is 24.3 Å². The molecule has 10 nitrogen and oxygen atoms in total. The number of benzene rings is 2. The van der Waals surface area contributed by atoms with Crippen molar-refractivity contribution < 1.29 is 46.3 Å². The third kappa shape index (κ3) is 9.40. The summed E-state index contributed by atoms with van der Waals surface area (Å²) in [5.74, 6) is -2.08. The summed E-state index contributed by atoms with van der Waals surface area (Å²) >= 11 is 0. The molecule has 0 aliphatic carbocycles. The van der Waals surface area contributed by atoms with Gasteiger partial charge in [-0.05, 0) is 82.0 Å². The second-order valence-electron chi connectivity index (χ2n) is 11.5. The van der Waals surface area contributed by atoms with Gasteiger partial charge in [0.25, 0.3) is 5.91 Å². The molecule has 44 heavy (non-hydrogen) atoms. The van der Waals surface area contributed by atoms with E-state index in [0.29, 0.717) is 11.1 Å². The average Bonchev–Trinajstić information content (AvgIpc) is 2.95. The van der Waals surface area contributed by atoms with Crippen LogP contribution in [0.1, 0.15) is 60.7 Å². The first kappa shape index (κ1) is 34.3. The summed E-state index contributed by atoms with van der Waals surface area (Å²) in [6.45, 7) is 6.29. The highest BCUT2D eigenvalue weighted by atomic mass is 19.4. The van der Waals surface area contributed by atoms with E-state index in [4.69, 9.17) is 9.57 Å². The Kier molecular flexibility index (Phi) is 11.0. The Morgan fingerprint density at radius 3 is 2.18 bits per heavy atom. The average molecular weight is 625 g/mol. The molecule has 3 N–H and O–H groups in total. The fraction of sp³-hybridized carbons (Fsp3) is 0.467. The largest absolute Gasteiger partial charge is 0.444 e. The van der Waals surface area contributed by atoms with Gasteiger partial charge in [0.1, 0.15) is 18.0 Å². The maximum Gasteiger partial charge on any atom is 0.416 e. The van der Waals surface area contributed by atoms with Crippen molar-refractivity contribution in [1.82, 2.24) is 21.0 Å². The SMILES string of the molecule is Cc1c(F)cccc1CNC(=O)C1(CONC(=O)c2ccc(C(F)(F)F)cc2)CCN(C(=O)CNC(=O)OC(C)(C)C)CC1. The van der Waals surface area contributed by atoms with Crippen LogP contribution >= 0.6 is 0 Å². The molecule has 0 radical (unpaired) electrons. The number of carbonyl (C=O) groups is 4. The Labute approximate surface area is 252 Å². The van der Waals surface area contributed by atoms with Crippen molar-refractivity contribution in [2.45, 2.75) is 58.9 Å². The van der Waals surface area contributed by atoms with E-state index < -0.39 is 52.4 Å². The van der Waals surface area contributed by atoms with E-state index in [1.807, 2.05) is 0 Å². The van der Waals surface area contributed by atoms with Gasteiger partial charge in [-0.25, -0.2) is 14.7 Å². The second-order valence-corrected chi connectivity index (χ2v) is 11.5. The summed E-state index contributed by atoms with van der Waals surface area (Å²) in [4.78, 5) is 57.6. The van der Waals surface area contributed by atoms with Gasteiger partial charge in [0.2, 0.25) is 11.8 Å². The topological polar surface area (TPSA) is 126 Å². The highest BCUT2D eigenvalue weighted by molar-refractivity contribution is 5.93. The molecule has 2 aromatic rings. The van der Waals surface area contributed by atoms with Gasteiger partial charge in [0.15, 0.2) is 0 Å². The lowest BCUT2D eigenvalue weighted by molar-refractivity contribution is -0.146. The van der Waals surface area contributed by atoms with Crippen LogP contribution in [0.4, 0.5) is 22.4 Å². The Hall–Kier alpha value is -4.20. The molecule has 2 aromatic carbocycles. The Bertz CT molecular complexity index is 1350. The summed E-state index contributed by atoms with van der Waals surface area (Å²) in [7, 11) is 0. The van der Waals surface area contributed by atoms with Crippen LogP contribution in [0.2, 0.25) is 0 Å². The number of hydrogen-bond donors (Lipinski definition) is 3. The number of piperidine rings is 1. The fourth-order valence-electron chi connectivity index (χ4n) is 4.51. The molecule has 0 unspecified atom stereocenters. The van der Waals surface area contributed by atoms with Gasteiger partial charge >= 0.3 is 12.3 Å². The standard InChI is InChI=1S/C30H36F4N4O6/c1-19-21(6-5-7-23(19)31)16-35-26(41)29(18-43-37-25(40)20-8-10-22(11-9-20)30(32,33)34)12-14-38(15-13-29)24(39)17-36-27(42)44-28(2,3)4/h5-11H,12-18H2,1-4H3,(H,35,41)(H,36,42)(H,37,40). The number of amides is 4. The molecule has 3 rings (SSSR count). The van der Waals surface area contributed by atoms with E-state index in [9.17, 15) is 36.7 Å². The van der Waals surface area contributed by atoms with E-state index in [-0.39, 0.29) is 51.2 Å². The molecule has 0 atom stereocenters. The van der Waals surface area contributed by atoms with Crippen molar-refractivity contribution in [3.05, 3.63) is 70.5 Å². The van der Waals surface area contributed by atoms with Crippen LogP contribution in [-0.2, 0) is 31.9 Å². The van der Waals surface area contributed by atoms with E-state index in [2.05, 4.69) is 16.1 Å². The monoisotopic (exact) mass is 624 g/mol. The quantitative estimate of drug-likeness (QED) is 0.283. The van der Waals surface area contributed by atoms with Gasteiger partial charge in [-0.3, -0.25) is 19.2 Å². The van der Waals surface area contributed by atoms with Crippen LogP contribution in [-0.4, -0.2) is 60.6 Å². The normalized spacial score (nSPS) is 14.9. The number of rotatable bonds is 9. The smallest absolute Gasteiger partial charge is 0.416 e. The van der Waals surface area contributed by atoms with Gasteiger partial charge in [-0.2, -0.15) is 13.2 Å². The molecule has 1 heterocycles. The first-order chi connectivity index (χ1) is 20.5. The molecule has 0 bridgehead atoms. The number of ether oxygens (including phenoxy) is 1. The molecule has 1 saturated heterocycles. The summed E-state index contributed by atoms with van der Waals surface area (Å²) in [5.41, 5.74) is 0.145. The van der Waals surface area contributed by atoms with Crippen LogP contribution in [0.25, 0.3) is 0 Å². The van der Waals surface area contributed by atoms with E-state index in [1.54, 1.807) is 33.8 Å². The summed E-state index contributed by atoms with van der Waals surface area (Å²) < 4.78 is 57.7. The first-order valence-electron chi connectivity index (χ1n) is 13.9.